The van der Waals surface area contributed by atoms with Crippen molar-refractivity contribution in [1.82, 2.24) is 4.90 Å². The topological polar surface area (TPSA) is 42.7 Å². The summed E-state index contributed by atoms with van der Waals surface area (Å²) in [6.07, 6.45) is 0.0392. The minimum absolute atomic E-state index is 0.0392. The molecule has 26 heavy (non-hydrogen) atoms. The molecule has 1 unspecified atom stereocenters. The van der Waals surface area contributed by atoms with Crippen LogP contribution in [0.2, 0.25) is 0 Å². The molecular formula is C20H17Br2NO3. The summed E-state index contributed by atoms with van der Waals surface area (Å²) in [7, 11) is 0. The van der Waals surface area contributed by atoms with Crippen molar-refractivity contribution in [1.29, 1.82) is 0 Å². The van der Waals surface area contributed by atoms with Crippen LogP contribution in [0.15, 0.2) is 66.7 Å². The highest BCUT2D eigenvalue weighted by Crippen LogP contribution is 2.27. The van der Waals surface area contributed by atoms with Gasteiger partial charge in [-0.2, -0.15) is 0 Å². The highest BCUT2D eigenvalue weighted by molar-refractivity contribution is 9.10. The highest BCUT2D eigenvalue weighted by atomic mass is 79.9. The zero-order valence-corrected chi connectivity index (χ0v) is 17.1. The summed E-state index contributed by atoms with van der Waals surface area (Å²) in [5.41, 5.74) is 2.45. The zero-order chi connectivity index (χ0) is 18.1. The van der Waals surface area contributed by atoms with Crippen molar-refractivity contribution in [2.75, 3.05) is 19.7 Å². The van der Waals surface area contributed by atoms with E-state index in [1.165, 1.54) is 5.56 Å². The summed E-state index contributed by atoms with van der Waals surface area (Å²) < 4.78 is 13.2. The number of rotatable bonds is 3. The van der Waals surface area contributed by atoms with E-state index in [0.717, 1.165) is 33.0 Å². The third-order valence-corrected chi connectivity index (χ3v) is 5.60. The Balaban J connectivity index is 1.58. The maximum atomic E-state index is 11.9. The lowest BCUT2D eigenvalue weighted by Crippen LogP contribution is -2.38. The van der Waals surface area contributed by atoms with Gasteiger partial charge in [-0.25, -0.2) is 4.79 Å². The summed E-state index contributed by atoms with van der Waals surface area (Å²) in [6.45, 7) is 3.00. The van der Waals surface area contributed by atoms with Gasteiger partial charge in [0.25, 0.3) is 0 Å². The lowest BCUT2D eigenvalue weighted by molar-refractivity contribution is -0.0328. The van der Waals surface area contributed by atoms with Gasteiger partial charge in [-0.3, -0.25) is 4.90 Å². The molecule has 0 saturated carbocycles. The van der Waals surface area contributed by atoms with E-state index in [-0.39, 0.29) is 11.7 Å². The van der Waals surface area contributed by atoms with Crippen molar-refractivity contribution < 1.29 is 9.15 Å². The van der Waals surface area contributed by atoms with Crippen molar-refractivity contribution in [2.24, 2.45) is 0 Å². The van der Waals surface area contributed by atoms with E-state index in [0.29, 0.717) is 18.7 Å². The molecule has 0 N–H and O–H groups in total. The molecule has 1 atom stereocenters. The molecule has 134 valence electrons. The molecule has 1 saturated heterocycles. The zero-order valence-electron chi connectivity index (χ0n) is 14.0. The molecule has 1 fully saturated rings. The molecule has 0 bridgehead atoms. The minimum Gasteiger partial charge on any atom is -0.423 e. The van der Waals surface area contributed by atoms with Gasteiger partial charge in [0.1, 0.15) is 5.58 Å². The second-order valence-electron chi connectivity index (χ2n) is 6.38. The summed E-state index contributed by atoms with van der Waals surface area (Å²) in [5.74, 6) is 0. The SMILES string of the molecule is O=c1cc(CN2CCOC(c3ccc(Br)cc3)C2)c2ccc(Br)cc2o1. The Morgan fingerprint density at radius 1 is 1.04 bits per heavy atom. The lowest BCUT2D eigenvalue weighted by atomic mass is 10.1. The van der Waals surface area contributed by atoms with E-state index >= 15 is 0 Å². The molecule has 0 spiro atoms. The predicted octanol–water partition coefficient (Wildman–Crippen LogP) is 4.89. The molecule has 2 heterocycles. The fourth-order valence-corrected chi connectivity index (χ4v) is 3.91. The van der Waals surface area contributed by atoms with Crippen LogP contribution in [-0.2, 0) is 11.3 Å². The monoisotopic (exact) mass is 477 g/mol. The summed E-state index contributed by atoms with van der Waals surface area (Å²) in [4.78, 5) is 14.3. The van der Waals surface area contributed by atoms with Crippen molar-refractivity contribution >= 4 is 42.8 Å². The van der Waals surface area contributed by atoms with Crippen LogP contribution >= 0.6 is 31.9 Å². The van der Waals surface area contributed by atoms with E-state index in [9.17, 15) is 4.79 Å². The number of hydrogen-bond acceptors (Lipinski definition) is 4. The van der Waals surface area contributed by atoms with Gasteiger partial charge in [0.2, 0.25) is 0 Å². The fraction of sp³-hybridized carbons (Fsp3) is 0.250. The fourth-order valence-electron chi connectivity index (χ4n) is 3.30. The van der Waals surface area contributed by atoms with Gasteiger partial charge in [-0.05, 0) is 41.5 Å². The van der Waals surface area contributed by atoms with Gasteiger partial charge in [0.05, 0.1) is 12.7 Å². The van der Waals surface area contributed by atoms with Gasteiger partial charge in [0.15, 0.2) is 0 Å². The van der Waals surface area contributed by atoms with E-state index in [1.54, 1.807) is 6.07 Å². The van der Waals surface area contributed by atoms with Crippen molar-refractivity contribution in [3.63, 3.8) is 0 Å². The van der Waals surface area contributed by atoms with E-state index in [2.05, 4.69) is 48.9 Å². The lowest BCUT2D eigenvalue weighted by Gasteiger charge is -2.33. The van der Waals surface area contributed by atoms with Crippen LogP contribution in [0.1, 0.15) is 17.2 Å². The molecule has 0 radical (unpaired) electrons. The molecule has 4 nitrogen and oxygen atoms in total. The second kappa shape index (κ2) is 7.64. The van der Waals surface area contributed by atoms with Crippen LogP contribution in [0.3, 0.4) is 0 Å². The van der Waals surface area contributed by atoms with Gasteiger partial charge >= 0.3 is 5.63 Å². The molecular weight excluding hydrogens is 462 g/mol. The van der Waals surface area contributed by atoms with Gasteiger partial charge in [-0.1, -0.05) is 44.0 Å². The average molecular weight is 479 g/mol. The van der Waals surface area contributed by atoms with Gasteiger partial charge in [-0.15, -0.1) is 0 Å². The number of morpholine rings is 1. The third-order valence-electron chi connectivity index (χ3n) is 4.58. The Morgan fingerprint density at radius 3 is 2.62 bits per heavy atom. The summed E-state index contributed by atoms with van der Waals surface area (Å²) in [6, 6.07) is 15.6. The molecule has 0 aliphatic carbocycles. The minimum atomic E-state index is -0.316. The first kappa shape index (κ1) is 17.9. The molecule has 1 aliphatic rings. The van der Waals surface area contributed by atoms with Crippen molar-refractivity contribution in [2.45, 2.75) is 12.6 Å². The van der Waals surface area contributed by atoms with Crippen LogP contribution in [0, 0.1) is 0 Å². The average Bonchev–Trinajstić information content (AvgIpc) is 2.62. The first-order valence-electron chi connectivity index (χ1n) is 8.40. The first-order chi connectivity index (χ1) is 12.6. The number of fused-ring (bicyclic) bond motifs is 1. The molecule has 1 aromatic heterocycles. The largest absolute Gasteiger partial charge is 0.423 e. The third kappa shape index (κ3) is 3.93. The van der Waals surface area contributed by atoms with E-state index in [1.807, 2.05) is 30.3 Å². The van der Waals surface area contributed by atoms with Crippen LogP contribution < -0.4 is 5.63 Å². The number of halogens is 2. The Labute approximate surface area is 168 Å². The quantitative estimate of drug-likeness (QED) is 0.502. The number of hydrogen-bond donors (Lipinski definition) is 0. The van der Waals surface area contributed by atoms with Gasteiger partial charge in [0, 0.05) is 40.0 Å². The smallest absolute Gasteiger partial charge is 0.336 e. The molecule has 1 aliphatic heterocycles. The number of ether oxygens (including phenoxy) is 1. The van der Waals surface area contributed by atoms with Gasteiger partial charge < -0.3 is 9.15 Å². The van der Waals surface area contributed by atoms with Crippen LogP contribution in [0.5, 0.6) is 0 Å². The predicted molar refractivity (Wildman–Crippen MR) is 108 cm³/mol. The second-order valence-corrected chi connectivity index (χ2v) is 8.21. The normalized spacial score (nSPS) is 18.3. The highest BCUT2D eigenvalue weighted by Gasteiger charge is 2.22. The molecule has 0 amide bonds. The maximum absolute atomic E-state index is 11.9. The first-order valence-corrected chi connectivity index (χ1v) is 9.99. The number of nitrogens with zero attached hydrogens (tertiary/aromatic N) is 1. The Kier molecular flexibility index (Phi) is 5.27. The molecule has 6 heteroatoms. The Morgan fingerprint density at radius 2 is 1.81 bits per heavy atom. The Bertz CT molecular complexity index is 985. The van der Waals surface area contributed by atoms with E-state index < -0.39 is 0 Å². The summed E-state index contributed by atoms with van der Waals surface area (Å²) in [5, 5.41) is 0.972. The molecule has 2 aromatic carbocycles. The maximum Gasteiger partial charge on any atom is 0.336 e. The van der Waals surface area contributed by atoms with Crippen molar-refractivity contribution in [3.05, 3.63) is 79.0 Å². The van der Waals surface area contributed by atoms with Crippen LogP contribution in [0.4, 0.5) is 0 Å². The van der Waals surface area contributed by atoms with Crippen LogP contribution in [-0.4, -0.2) is 24.6 Å². The van der Waals surface area contributed by atoms with Crippen LogP contribution in [0.25, 0.3) is 11.0 Å². The molecule has 3 aromatic rings. The van der Waals surface area contributed by atoms with Crippen molar-refractivity contribution in [3.8, 4) is 0 Å². The van der Waals surface area contributed by atoms with E-state index in [4.69, 9.17) is 9.15 Å². The molecule has 4 rings (SSSR count). The standard InChI is InChI=1S/C20H17Br2NO3/c21-15-3-1-13(2-4-15)19-12-23(7-8-25-19)11-14-9-20(24)26-18-10-16(22)5-6-17(14)18/h1-6,9-10,19H,7-8,11-12H2. The number of benzene rings is 2. The Hall–Kier alpha value is -1.47. The summed E-state index contributed by atoms with van der Waals surface area (Å²) >= 11 is 6.89.